The van der Waals surface area contributed by atoms with E-state index < -0.39 is 0 Å². The summed E-state index contributed by atoms with van der Waals surface area (Å²) < 4.78 is 6.24. The molecule has 42 heavy (non-hydrogen) atoms. The molecule has 0 saturated heterocycles. The summed E-state index contributed by atoms with van der Waals surface area (Å²) in [5.74, 6) is 0.801. The van der Waals surface area contributed by atoms with Crippen LogP contribution in [0.15, 0.2) is 150 Å². The van der Waals surface area contributed by atoms with Crippen molar-refractivity contribution < 1.29 is 4.42 Å². The standard InChI is InChI=1S/C38H24N2OS/c1-2-11-26(12-3-1)28-20-21-30-35(34(28)29-16-8-14-25-13-4-5-15-27(25)29)36(32-18-9-23-41-32)37(33-19-10-24-42-33)38(40-30)31-17-6-7-22-39-31/h1-24H. The van der Waals surface area contributed by atoms with Gasteiger partial charge in [0.2, 0.25) is 0 Å². The normalized spacial score (nSPS) is 11.3. The van der Waals surface area contributed by atoms with E-state index in [1.807, 2.05) is 30.5 Å². The Morgan fingerprint density at radius 3 is 2.26 bits per heavy atom. The van der Waals surface area contributed by atoms with Gasteiger partial charge in [0.15, 0.2) is 0 Å². The third kappa shape index (κ3) is 4.04. The van der Waals surface area contributed by atoms with Gasteiger partial charge in [-0.1, -0.05) is 91.0 Å². The average molecular weight is 557 g/mol. The molecular formula is C38H24N2OS. The van der Waals surface area contributed by atoms with Gasteiger partial charge in [-0.2, -0.15) is 0 Å². The van der Waals surface area contributed by atoms with Crippen LogP contribution >= 0.6 is 11.3 Å². The number of hydrogen-bond acceptors (Lipinski definition) is 4. The molecule has 8 rings (SSSR count). The molecule has 198 valence electrons. The minimum Gasteiger partial charge on any atom is -0.464 e. The van der Waals surface area contributed by atoms with Crippen LogP contribution in [0.25, 0.3) is 77.1 Å². The first kappa shape index (κ1) is 24.5. The maximum atomic E-state index is 6.24. The van der Waals surface area contributed by atoms with Crippen LogP contribution in [-0.2, 0) is 0 Å². The Balaban J connectivity index is 1.62. The number of hydrogen-bond donors (Lipinski definition) is 0. The largest absolute Gasteiger partial charge is 0.464 e. The molecule has 4 aromatic heterocycles. The lowest BCUT2D eigenvalue weighted by Gasteiger charge is -2.21. The second-order valence-corrected chi connectivity index (χ2v) is 11.1. The number of rotatable bonds is 5. The van der Waals surface area contributed by atoms with Gasteiger partial charge in [0.05, 0.1) is 23.2 Å². The Morgan fingerprint density at radius 1 is 0.595 bits per heavy atom. The fourth-order valence-corrected chi connectivity index (χ4v) is 6.73. The molecule has 0 radical (unpaired) electrons. The second-order valence-electron chi connectivity index (χ2n) is 10.2. The lowest BCUT2D eigenvalue weighted by molar-refractivity contribution is 0.583. The number of fused-ring (bicyclic) bond motifs is 2. The minimum absolute atomic E-state index is 0.801. The number of pyridine rings is 2. The van der Waals surface area contributed by atoms with Crippen LogP contribution in [0.4, 0.5) is 0 Å². The van der Waals surface area contributed by atoms with E-state index in [4.69, 9.17) is 14.4 Å². The summed E-state index contributed by atoms with van der Waals surface area (Å²) in [7, 11) is 0. The fraction of sp³-hybridized carbons (Fsp3) is 0. The lowest BCUT2D eigenvalue weighted by atomic mass is 9.84. The van der Waals surface area contributed by atoms with Crippen molar-refractivity contribution in [2.75, 3.05) is 0 Å². The van der Waals surface area contributed by atoms with Gasteiger partial charge >= 0.3 is 0 Å². The van der Waals surface area contributed by atoms with Crippen molar-refractivity contribution in [1.82, 2.24) is 9.97 Å². The van der Waals surface area contributed by atoms with E-state index in [0.29, 0.717) is 0 Å². The van der Waals surface area contributed by atoms with Crippen molar-refractivity contribution in [3.63, 3.8) is 0 Å². The number of thiophene rings is 1. The molecule has 0 unspecified atom stereocenters. The van der Waals surface area contributed by atoms with E-state index in [-0.39, 0.29) is 0 Å². The zero-order chi connectivity index (χ0) is 27.9. The molecule has 4 heteroatoms. The molecule has 4 heterocycles. The molecule has 0 bridgehead atoms. The van der Waals surface area contributed by atoms with Gasteiger partial charge in [0, 0.05) is 33.2 Å². The topological polar surface area (TPSA) is 38.9 Å². The third-order valence-corrected chi connectivity index (χ3v) is 8.63. The highest BCUT2D eigenvalue weighted by molar-refractivity contribution is 7.13. The van der Waals surface area contributed by atoms with Crippen molar-refractivity contribution in [2.24, 2.45) is 0 Å². The summed E-state index contributed by atoms with van der Waals surface area (Å²) in [4.78, 5) is 11.2. The van der Waals surface area contributed by atoms with E-state index in [0.717, 1.165) is 66.3 Å². The maximum Gasteiger partial charge on any atom is 0.135 e. The molecule has 3 nitrogen and oxygen atoms in total. The zero-order valence-electron chi connectivity index (χ0n) is 22.6. The van der Waals surface area contributed by atoms with Gasteiger partial charge < -0.3 is 4.42 Å². The summed E-state index contributed by atoms with van der Waals surface area (Å²) in [5.41, 5.74) is 9.21. The Hall–Kier alpha value is -5.32. The summed E-state index contributed by atoms with van der Waals surface area (Å²) in [6.07, 6.45) is 3.57. The van der Waals surface area contributed by atoms with Crippen molar-refractivity contribution in [2.45, 2.75) is 0 Å². The molecule has 0 atom stereocenters. The second kappa shape index (κ2) is 10.3. The monoisotopic (exact) mass is 556 g/mol. The smallest absolute Gasteiger partial charge is 0.135 e. The molecule has 0 aliphatic carbocycles. The van der Waals surface area contributed by atoms with Crippen molar-refractivity contribution in [3.8, 4) is 55.4 Å². The Morgan fingerprint density at radius 2 is 1.45 bits per heavy atom. The Bertz CT molecular complexity index is 2160. The van der Waals surface area contributed by atoms with E-state index in [2.05, 4.69) is 109 Å². The van der Waals surface area contributed by atoms with Crippen molar-refractivity contribution >= 4 is 33.0 Å². The molecule has 0 fully saturated rings. The molecule has 0 amide bonds. The van der Waals surface area contributed by atoms with Gasteiger partial charge in [0.25, 0.3) is 0 Å². The highest BCUT2D eigenvalue weighted by Crippen LogP contribution is 2.50. The molecule has 0 spiro atoms. The van der Waals surface area contributed by atoms with Crippen LogP contribution in [0.1, 0.15) is 0 Å². The lowest BCUT2D eigenvalue weighted by Crippen LogP contribution is -1.99. The SMILES string of the molecule is c1ccc(-c2ccc3nc(-c4ccccn4)c(-c4cccs4)c(-c4ccco4)c3c2-c2cccc3ccccc23)cc1. The van der Waals surface area contributed by atoms with Crippen molar-refractivity contribution in [3.05, 3.63) is 145 Å². The van der Waals surface area contributed by atoms with Crippen LogP contribution in [0.2, 0.25) is 0 Å². The Kier molecular flexibility index (Phi) is 5.98. The highest BCUT2D eigenvalue weighted by atomic mass is 32.1. The van der Waals surface area contributed by atoms with Crippen molar-refractivity contribution in [1.29, 1.82) is 0 Å². The van der Waals surface area contributed by atoms with E-state index in [1.54, 1.807) is 17.6 Å². The highest BCUT2D eigenvalue weighted by Gasteiger charge is 2.26. The Labute approximate surface area is 247 Å². The molecule has 0 aliphatic heterocycles. The fourth-order valence-electron chi connectivity index (χ4n) is 5.96. The average Bonchev–Trinajstić information content (AvgIpc) is 3.79. The predicted octanol–water partition coefficient (Wildman–Crippen LogP) is 10.8. The first-order valence-corrected chi connectivity index (χ1v) is 14.8. The molecule has 0 saturated carbocycles. The summed E-state index contributed by atoms with van der Waals surface area (Å²) >= 11 is 1.70. The van der Waals surface area contributed by atoms with Gasteiger partial charge in [-0.25, -0.2) is 4.98 Å². The number of nitrogens with zero attached hydrogens (tertiary/aromatic N) is 2. The summed E-state index contributed by atoms with van der Waals surface area (Å²) in [5, 5.41) is 5.56. The number of benzene rings is 4. The quantitative estimate of drug-likeness (QED) is 0.212. The number of aromatic nitrogens is 2. The van der Waals surface area contributed by atoms with Crippen LogP contribution < -0.4 is 0 Å². The maximum absolute atomic E-state index is 6.24. The molecule has 0 aliphatic rings. The van der Waals surface area contributed by atoms with Crippen LogP contribution in [-0.4, -0.2) is 9.97 Å². The third-order valence-electron chi connectivity index (χ3n) is 7.74. The molecule has 0 N–H and O–H groups in total. The van der Waals surface area contributed by atoms with E-state index in [1.165, 1.54) is 10.8 Å². The first-order valence-electron chi connectivity index (χ1n) is 13.9. The van der Waals surface area contributed by atoms with E-state index in [9.17, 15) is 0 Å². The molecule has 4 aromatic carbocycles. The molecular weight excluding hydrogens is 532 g/mol. The van der Waals surface area contributed by atoms with Gasteiger partial charge in [-0.15, -0.1) is 11.3 Å². The van der Waals surface area contributed by atoms with Gasteiger partial charge in [-0.05, 0) is 69.2 Å². The van der Waals surface area contributed by atoms with Crippen LogP contribution in [0.5, 0.6) is 0 Å². The molecule has 8 aromatic rings. The number of furan rings is 1. The van der Waals surface area contributed by atoms with Gasteiger partial charge in [-0.3, -0.25) is 4.98 Å². The van der Waals surface area contributed by atoms with Gasteiger partial charge in [0.1, 0.15) is 5.76 Å². The van der Waals surface area contributed by atoms with Crippen LogP contribution in [0.3, 0.4) is 0 Å². The predicted molar refractivity (Wildman–Crippen MR) is 174 cm³/mol. The minimum atomic E-state index is 0.801. The zero-order valence-corrected chi connectivity index (χ0v) is 23.4. The van der Waals surface area contributed by atoms with Crippen LogP contribution in [0, 0.1) is 0 Å². The summed E-state index contributed by atoms with van der Waals surface area (Å²) in [6.45, 7) is 0. The van der Waals surface area contributed by atoms with E-state index >= 15 is 0 Å². The summed E-state index contributed by atoms with van der Waals surface area (Å²) in [6, 6.07) is 44.3. The first-order chi connectivity index (χ1) is 20.9.